The fourth-order valence-corrected chi connectivity index (χ4v) is 5.06. The topological polar surface area (TPSA) is 168 Å². The molecular formula is C10H22AsNO9S+. The summed E-state index contributed by atoms with van der Waals surface area (Å²) in [6, 6.07) is 0. The normalized spacial score (nSPS) is 33.6. The number of aliphatic hydroxyl groups is 3. The van der Waals surface area contributed by atoms with Crippen LogP contribution in [0.4, 0.5) is 0 Å². The van der Waals surface area contributed by atoms with Gasteiger partial charge in [0.05, 0.1) is 0 Å². The molecule has 1 aliphatic rings. The molecule has 6 atom stereocenters. The summed E-state index contributed by atoms with van der Waals surface area (Å²) in [6.45, 7) is -0.481. The van der Waals surface area contributed by atoms with Crippen molar-refractivity contribution in [2.45, 2.75) is 47.3 Å². The first kappa shape index (κ1) is 20.2. The molecule has 0 spiro atoms. The van der Waals surface area contributed by atoms with Crippen LogP contribution in [0, 0.1) is 0 Å². The molecule has 5 N–H and O–H groups in total. The van der Waals surface area contributed by atoms with E-state index in [9.17, 15) is 27.8 Å². The molecule has 1 unspecified atom stereocenters. The van der Waals surface area contributed by atoms with Crippen LogP contribution < -0.4 is 5.90 Å². The molecular weight excluding hydrogens is 385 g/mol. The Morgan fingerprint density at radius 2 is 1.95 bits per heavy atom. The molecule has 10 nitrogen and oxygen atoms in total. The van der Waals surface area contributed by atoms with E-state index in [-0.39, 0.29) is 5.21 Å². The Bertz CT molecular complexity index is 458. The first-order valence-corrected chi connectivity index (χ1v) is 13.8. The van der Waals surface area contributed by atoms with Crippen molar-refractivity contribution in [2.24, 2.45) is 5.90 Å². The van der Waals surface area contributed by atoms with Crippen LogP contribution in [-0.4, -0.2) is 71.9 Å². The third-order valence-electron chi connectivity index (χ3n) is 2.93. The van der Waals surface area contributed by atoms with Crippen LogP contribution in [0.25, 0.3) is 0 Å². The van der Waals surface area contributed by atoms with Gasteiger partial charge < -0.3 is 0 Å². The molecule has 12 heteroatoms. The maximum atomic E-state index is 11.8. The van der Waals surface area contributed by atoms with Crippen molar-refractivity contribution in [3.63, 3.8) is 0 Å². The average Bonchev–Trinajstić information content (AvgIpc) is 2.62. The predicted octanol–water partition coefficient (Wildman–Crippen LogP) is -1.90. The van der Waals surface area contributed by atoms with Crippen molar-refractivity contribution < 1.29 is 41.6 Å². The molecule has 0 saturated carbocycles. The van der Waals surface area contributed by atoms with Crippen LogP contribution >= 0.6 is 0 Å². The Hall–Kier alpha value is 0.188. The molecule has 1 fully saturated rings. The van der Waals surface area contributed by atoms with Gasteiger partial charge in [0, 0.05) is 0 Å². The van der Waals surface area contributed by atoms with E-state index in [1.807, 2.05) is 0 Å². The van der Waals surface area contributed by atoms with Crippen LogP contribution in [0.15, 0.2) is 0 Å². The second-order valence-corrected chi connectivity index (χ2v) is 14.6. The zero-order chi connectivity index (χ0) is 17.1. The van der Waals surface area contributed by atoms with Gasteiger partial charge in [0.1, 0.15) is 0 Å². The van der Waals surface area contributed by atoms with E-state index in [0.717, 1.165) is 0 Å². The average molecular weight is 407 g/mol. The van der Waals surface area contributed by atoms with Crippen molar-refractivity contribution >= 4 is 24.0 Å². The van der Waals surface area contributed by atoms with E-state index in [2.05, 4.69) is 10.2 Å². The first-order valence-electron chi connectivity index (χ1n) is 6.41. The minimum atomic E-state index is -4.06. The molecule has 1 heterocycles. The quantitative estimate of drug-likeness (QED) is 0.204. The van der Waals surface area contributed by atoms with Crippen LogP contribution in [0.5, 0.6) is 0 Å². The summed E-state index contributed by atoms with van der Waals surface area (Å²) in [4.78, 5) is 0. The van der Waals surface area contributed by atoms with E-state index in [1.54, 1.807) is 11.4 Å². The molecule has 1 aliphatic heterocycles. The summed E-state index contributed by atoms with van der Waals surface area (Å²) in [7, 11) is -4.06. The fourth-order valence-electron chi connectivity index (χ4n) is 1.97. The molecule has 0 aromatic carbocycles. The van der Waals surface area contributed by atoms with Crippen LogP contribution in [0.3, 0.4) is 0 Å². The third-order valence-corrected chi connectivity index (χ3v) is 6.62. The van der Waals surface area contributed by atoms with Gasteiger partial charge in [0.25, 0.3) is 0 Å². The number of nitrogens with two attached hydrogens (primary N) is 1. The summed E-state index contributed by atoms with van der Waals surface area (Å²) in [5, 5.41) is 29.2. The SMILES string of the molecule is C[As](C)(=O)C[C@H]1O[C@@H](OC[C@H](O)C[S+]([O])(=O)ON)[C@H](O)[C@@H]1O. The van der Waals surface area contributed by atoms with Gasteiger partial charge in [-0.15, -0.1) is 0 Å². The Labute approximate surface area is 131 Å². The van der Waals surface area contributed by atoms with Gasteiger partial charge in [-0.25, -0.2) is 0 Å². The second kappa shape index (κ2) is 7.84. The van der Waals surface area contributed by atoms with Crippen LogP contribution in [-0.2, 0) is 36.8 Å². The van der Waals surface area contributed by atoms with Crippen LogP contribution in [0.1, 0.15) is 0 Å². The molecule has 1 rings (SSSR count). The Morgan fingerprint density at radius 3 is 2.45 bits per heavy atom. The van der Waals surface area contributed by atoms with E-state index in [1.165, 1.54) is 0 Å². The van der Waals surface area contributed by atoms with Crippen LogP contribution in [0.2, 0.25) is 16.6 Å². The number of hydrogen-bond acceptors (Lipinski definition) is 9. The second-order valence-electron chi connectivity index (χ2n) is 5.59. The summed E-state index contributed by atoms with van der Waals surface area (Å²) < 4.78 is 47.9. The zero-order valence-electron chi connectivity index (χ0n) is 12.2. The van der Waals surface area contributed by atoms with Crippen molar-refractivity contribution in [1.29, 1.82) is 0 Å². The maximum absolute atomic E-state index is 11.8. The van der Waals surface area contributed by atoms with Gasteiger partial charge in [-0.1, -0.05) is 0 Å². The monoisotopic (exact) mass is 407 g/mol. The molecule has 0 amide bonds. The standard InChI is InChI=1S/C10H22AsNO9S/c1-11(2,16)3-7-8(14)9(15)10(20-7)19-4-6(13)5-22(17,18)21-12/h6-10,13-15H,3-5,12H2,1-2H3/q+1/t6-,7+,8+,9+,10+/m0/s1. The summed E-state index contributed by atoms with van der Waals surface area (Å²) in [5.41, 5.74) is 3.16. The van der Waals surface area contributed by atoms with Gasteiger partial charge in [-0.2, -0.15) is 0 Å². The molecule has 22 heavy (non-hydrogen) atoms. The number of ether oxygens (including phenoxy) is 2. The Balaban J connectivity index is 2.50. The van der Waals surface area contributed by atoms with Gasteiger partial charge in [-0.3, -0.25) is 0 Å². The van der Waals surface area contributed by atoms with Crippen molar-refractivity contribution in [3.8, 4) is 0 Å². The number of aliphatic hydroxyl groups excluding tert-OH is 3. The van der Waals surface area contributed by atoms with Gasteiger partial charge in [-0.05, 0) is 0 Å². The molecule has 1 radical (unpaired) electrons. The molecule has 131 valence electrons. The van der Waals surface area contributed by atoms with E-state index < -0.39 is 67.1 Å². The van der Waals surface area contributed by atoms with Crippen molar-refractivity contribution in [1.82, 2.24) is 0 Å². The predicted molar refractivity (Wildman–Crippen MR) is 74.5 cm³/mol. The molecule has 0 aromatic rings. The fraction of sp³-hybridized carbons (Fsp3) is 1.00. The zero-order valence-corrected chi connectivity index (χ0v) is 14.9. The minimum absolute atomic E-state index is 0.119. The van der Waals surface area contributed by atoms with Crippen molar-refractivity contribution in [2.75, 3.05) is 12.4 Å². The van der Waals surface area contributed by atoms with Gasteiger partial charge >= 0.3 is 131 Å². The molecule has 1 saturated heterocycles. The third kappa shape index (κ3) is 6.36. The van der Waals surface area contributed by atoms with E-state index in [4.69, 9.17) is 9.47 Å². The molecule has 0 bridgehead atoms. The number of hydrogen-bond donors (Lipinski definition) is 4. The molecule has 0 aliphatic carbocycles. The Morgan fingerprint density at radius 1 is 1.36 bits per heavy atom. The van der Waals surface area contributed by atoms with Gasteiger partial charge in [0.2, 0.25) is 0 Å². The van der Waals surface area contributed by atoms with E-state index in [0.29, 0.717) is 0 Å². The summed E-state index contributed by atoms with van der Waals surface area (Å²) in [5.74, 6) is 3.74. The summed E-state index contributed by atoms with van der Waals surface area (Å²) in [6.07, 6.45) is -6.20. The van der Waals surface area contributed by atoms with E-state index >= 15 is 0 Å². The van der Waals surface area contributed by atoms with Gasteiger partial charge in [0.15, 0.2) is 0 Å². The Kier molecular flexibility index (Phi) is 7.21. The molecule has 0 aromatic heterocycles. The van der Waals surface area contributed by atoms with Crippen molar-refractivity contribution in [3.05, 3.63) is 0 Å². The number of rotatable bonds is 8. The summed E-state index contributed by atoms with van der Waals surface area (Å²) >= 11 is -3.10. The first-order chi connectivity index (χ1) is 9.95.